The molecule has 0 amide bonds. The molecule has 0 bridgehead atoms. The molecular formula is C10H12BrCl. The molecule has 1 atom stereocenters. The van der Waals surface area contributed by atoms with Crippen molar-refractivity contribution in [3.8, 4) is 0 Å². The number of benzene rings is 1. The Hall–Kier alpha value is -0.0100. The Morgan fingerprint density at radius 1 is 1.42 bits per heavy atom. The lowest BCUT2D eigenvalue weighted by atomic mass is 10.0. The van der Waals surface area contributed by atoms with E-state index < -0.39 is 0 Å². The molecule has 0 aliphatic rings. The van der Waals surface area contributed by atoms with Crippen molar-refractivity contribution in [3.63, 3.8) is 0 Å². The Kier molecular flexibility index (Phi) is 3.60. The molecule has 1 aromatic carbocycles. The van der Waals surface area contributed by atoms with E-state index in [1.807, 2.05) is 0 Å². The number of hydrogen-bond acceptors (Lipinski definition) is 0. The standard InChI is InChI=1S/C10H12BrCl/c1-7-3-9(8(2)6-12)5-10(11)4-7/h3-5,8H,6H2,1-2H3. The molecule has 0 saturated carbocycles. The second kappa shape index (κ2) is 4.29. The molecule has 12 heavy (non-hydrogen) atoms. The molecule has 0 heterocycles. The molecule has 0 aliphatic heterocycles. The molecule has 0 aromatic heterocycles. The molecule has 0 aliphatic carbocycles. The SMILES string of the molecule is Cc1cc(Br)cc(C(C)CCl)c1. The van der Waals surface area contributed by atoms with Crippen LogP contribution >= 0.6 is 27.5 Å². The van der Waals surface area contributed by atoms with Gasteiger partial charge in [0.05, 0.1) is 0 Å². The van der Waals surface area contributed by atoms with Gasteiger partial charge in [-0.15, -0.1) is 11.6 Å². The molecule has 0 spiro atoms. The van der Waals surface area contributed by atoms with Gasteiger partial charge >= 0.3 is 0 Å². The van der Waals surface area contributed by atoms with Gasteiger partial charge in [-0.05, 0) is 36.1 Å². The first-order chi connectivity index (χ1) is 5.63. The normalized spacial score (nSPS) is 13.0. The van der Waals surface area contributed by atoms with Gasteiger partial charge in [0, 0.05) is 10.4 Å². The fourth-order valence-electron chi connectivity index (χ4n) is 1.14. The fraction of sp³-hybridized carbons (Fsp3) is 0.400. The van der Waals surface area contributed by atoms with E-state index in [-0.39, 0.29) is 0 Å². The van der Waals surface area contributed by atoms with E-state index in [1.54, 1.807) is 0 Å². The second-order valence-corrected chi connectivity index (χ2v) is 4.34. The predicted molar refractivity (Wildman–Crippen MR) is 58.0 cm³/mol. The summed E-state index contributed by atoms with van der Waals surface area (Å²) >= 11 is 9.24. The van der Waals surface area contributed by atoms with Gasteiger partial charge < -0.3 is 0 Å². The Morgan fingerprint density at radius 2 is 2.08 bits per heavy atom. The second-order valence-electron chi connectivity index (χ2n) is 3.12. The maximum Gasteiger partial charge on any atom is 0.0289 e. The summed E-state index contributed by atoms with van der Waals surface area (Å²) in [5, 5.41) is 0. The Labute approximate surface area is 87.1 Å². The Morgan fingerprint density at radius 3 is 2.58 bits per heavy atom. The summed E-state index contributed by atoms with van der Waals surface area (Å²) in [6, 6.07) is 6.41. The molecule has 0 nitrogen and oxygen atoms in total. The van der Waals surface area contributed by atoms with Crippen molar-refractivity contribution in [2.45, 2.75) is 19.8 Å². The zero-order valence-electron chi connectivity index (χ0n) is 7.27. The predicted octanol–water partition coefficient (Wildman–Crippen LogP) is 4.10. The van der Waals surface area contributed by atoms with Crippen molar-refractivity contribution >= 4 is 27.5 Å². The third-order valence-electron chi connectivity index (χ3n) is 1.86. The zero-order valence-corrected chi connectivity index (χ0v) is 9.61. The van der Waals surface area contributed by atoms with E-state index in [2.05, 4.69) is 48.0 Å². The van der Waals surface area contributed by atoms with Gasteiger partial charge in [-0.3, -0.25) is 0 Å². The minimum absolute atomic E-state index is 0.433. The fourth-order valence-corrected chi connectivity index (χ4v) is 1.94. The van der Waals surface area contributed by atoms with Gasteiger partial charge in [-0.25, -0.2) is 0 Å². The summed E-state index contributed by atoms with van der Waals surface area (Å²) in [5.41, 5.74) is 2.58. The van der Waals surface area contributed by atoms with Crippen LogP contribution in [-0.2, 0) is 0 Å². The quantitative estimate of drug-likeness (QED) is 0.690. The molecular weight excluding hydrogens is 235 g/mol. The largest absolute Gasteiger partial charge is 0.126 e. The lowest BCUT2D eigenvalue weighted by Gasteiger charge is -2.09. The van der Waals surface area contributed by atoms with Crippen LogP contribution in [0.3, 0.4) is 0 Å². The average Bonchev–Trinajstić information content (AvgIpc) is 2.01. The van der Waals surface area contributed by atoms with Crippen LogP contribution < -0.4 is 0 Å². The van der Waals surface area contributed by atoms with E-state index in [9.17, 15) is 0 Å². The van der Waals surface area contributed by atoms with E-state index in [4.69, 9.17) is 11.6 Å². The van der Waals surface area contributed by atoms with Crippen molar-refractivity contribution in [3.05, 3.63) is 33.8 Å². The first kappa shape index (κ1) is 10.1. The zero-order chi connectivity index (χ0) is 9.14. The molecule has 0 fully saturated rings. The van der Waals surface area contributed by atoms with Crippen LogP contribution in [0.25, 0.3) is 0 Å². The van der Waals surface area contributed by atoms with E-state index in [1.165, 1.54) is 11.1 Å². The van der Waals surface area contributed by atoms with Crippen LogP contribution in [0.5, 0.6) is 0 Å². The Bertz CT molecular complexity index is 250. The molecule has 66 valence electrons. The monoisotopic (exact) mass is 246 g/mol. The van der Waals surface area contributed by atoms with Gasteiger partial charge in [0.2, 0.25) is 0 Å². The Balaban J connectivity index is 3.00. The van der Waals surface area contributed by atoms with Gasteiger partial charge in [-0.1, -0.05) is 28.9 Å². The molecule has 1 aromatic rings. The lowest BCUT2D eigenvalue weighted by Crippen LogP contribution is -1.94. The van der Waals surface area contributed by atoms with Crippen molar-refractivity contribution < 1.29 is 0 Å². The third kappa shape index (κ3) is 2.49. The van der Waals surface area contributed by atoms with Gasteiger partial charge in [-0.2, -0.15) is 0 Å². The van der Waals surface area contributed by atoms with Crippen LogP contribution in [0.15, 0.2) is 22.7 Å². The van der Waals surface area contributed by atoms with E-state index in [0.29, 0.717) is 11.8 Å². The topological polar surface area (TPSA) is 0 Å². The summed E-state index contributed by atoms with van der Waals surface area (Å²) < 4.78 is 1.13. The summed E-state index contributed by atoms with van der Waals surface area (Å²) in [7, 11) is 0. The number of alkyl halides is 1. The summed E-state index contributed by atoms with van der Waals surface area (Å²) in [5.74, 6) is 1.11. The smallest absolute Gasteiger partial charge is 0.0289 e. The van der Waals surface area contributed by atoms with E-state index in [0.717, 1.165) is 4.47 Å². The molecule has 0 N–H and O–H groups in total. The highest BCUT2D eigenvalue weighted by Gasteiger charge is 2.04. The van der Waals surface area contributed by atoms with Crippen LogP contribution in [0.4, 0.5) is 0 Å². The summed E-state index contributed by atoms with van der Waals surface area (Å²) in [4.78, 5) is 0. The highest BCUT2D eigenvalue weighted by Crippen LogP contribution is 2.22. The number of hydrogen-bond donors (Lipinski definition) is 0. The van der Waals surface area contributed by atoms with Crippen molar-refractivity contribution in [1.29, 1.82) is 0 Å². The minimum atomic E-state index is 0.433. The van der Waals surface area contributed by atoms with Crippen LogP contribution in [0.2, 0.25) is 0 Å². The van der Waals surface area contributed by atoms with Crippen LogP contribution in [-0.4, -0.2) is 5.88 Å². The minimum Gasteiger partial charge on any atom is -0.126 e. The van der Waals surface area contributed by atoms with Crippen molar-refractivity contribution in [2.24, 2.45) is 0 Å². The third-order valence-corrected chi connectivity index (χ3v) is 2.79. The number of aryl methyl sites for hydroxylation is 1. The molecule has 0 radical (unpaired) electrons. The van der Waals surface area contributed by atoms with Gasteiger partial charge in [0.15, 0.2) is 0 Å². The molecule has 0 saturated heterocycles. The number of halogens is 2. The first-order valence-corrected chi connectivity index (χ1v) is 5.29. The summed E-state index contributed by atoms with van der Waals surface area (Å²) in [6.07, 6.45) is 0. The molecule has 2 heteroatoms. The molecule has 1 unspecified atom stereocenters. The summed E-state index contributed by atoms with van der Waals surface area (Å²) in [6.45, 7) is 4.23. The first-order valence-electron chi connectivity index (χ1n) is 3.96. The average molecular weight is 248 g/mol. The maximum atomic E-state index is 5.78. The van der Waals surface area contributed by atoms with Gasteiger partial charge in [0.25, 0.3) is 0 Å². The maximum absolute atomic E-state index is 5.78. The molecule has 1 rings (SSSR count). The van der Waals surface area contributed by atoms with E-state index >= 15 is 0 Å². The van der Waals surface area contributed by atoms with Crippen LogP contribution in [0, 0.1) is 6.92 Å². The number of rotatable bonds is 2. The highest BCUT2D eigenvalue weighted by molar-refractivity contribution is 9.10. The lowest BCUT2D eigenvalue weighted by molar-refractivity contribution is 0.872. The van der Waals surface area contributed by atoms with Gasteiger partial charge in [0.1, 0.15) is 0 Å². The van der Waals surface area contributed by atoms with Crippen LogP contribution in [0.1, 0.15) is 24.0 Å². The van der Waals surface area contributed by atoms with Crippen molar-refractivity contribution in [2.75, 3.05) is 5.88 Å². The van der Waals surface area contributed by atoms with Crippen molar-refractivity contribution in [1.82, 2.24) is 0 Å². The highest BCUT2D eigenvalue weighted by atomic mass is 79.9.